The third kappa shape index (κ3) is 36.9. The molecule has 38 heteroatoms. The van der Waals surface area contributed by atoms with Gasteiger partial charge in [0.05, 0.1) is 84.2 Å². The number of carbonyl (C=O) groups excluding carboxylic acids is 2. The van der Waals surface area contributed by atoms with Gasteiger partial charge in [-0.05, 0) is 273 Å². The minimum Gasteiger partial charge on any atom is -1.00 e. The summed E-state index contributed by atoms with van der Waals surface area (Å²) in [6, 6.07) is 31.1. The van der Waals surface area contributed by atoms with E-state index in [0.717, 1.165) is 146 Å². The molecule has 9 aromatic rings. The molecular formula is C90H128B2Br2F3N13NaO11S6. The number of carboxylic acid groups (broad SMARTS) is 1. The molecule has 5 aromatic carbocycles. The van der Waals surface area contributed by atoms with Gasteiger partial charge in [-0.15, -0.1) is 58.0 Å². The number of likely N-dealkylation sites (N-methyl/N-ethyl adjacent to an activating group) is 4. The number of allylic oxidation sites excluding steroid dienone is 2. The van der Waals surface area contributed by atoms with Crippen molar-refractivity contribution in [2.45, 2.75) is 181 Å². The molecule has 3 radical (unpaired) electrons. The van der Waals surface area contributed by atoms with Gasteiger partial charge in [0.15, 0.2) is 0 Å². The number of anilines is 1. The molecule has 4 aliphatic heterocycles. The number of benzene rings is 5. The summed E-state index contributed by atoms with van der Waals surface area (Å²) in [6.07, 6.45) is 9.84. The topological polar surface area (TPSA) is 264 Å². The van der Waals surface area contributed by atoms with Gasteiger partial charge in [-0.3, -0.25) is 14.7 Å². The number of nitrogens with two attached hydrogens (primary N) is 1. The van der Waals surface area contributed by atoms with Crippen LogP contribution in [0.5, 0.6) is 0 Å². The van der Waals surface area contributed by atoms with Crippen molar-refractivity contribution in [1.82, 2.24) is 54.2 Å². The van der Waals surface area contributed by atoms with Crippen molar-refractivity contribution >= 4 is 197 Å². The number of carbonyl (C=O) groups is 3. The number of aromatic nitrogens is 4. The molecule has 128 heavy (non-hydrogen) atoms. The third-order valence-electron chi connectivity index (χ3n) is 19.8. The summed E-state index contributed by atoms with van der Waals surface area (Å²) < 4.78 is 93.4. The number of aliphatic imine (C=N–C) groups is 1. The molecule has 0 bridgehead atoms. The van der Waals surface area contributed by atoms with E-state index >= 15 is 0 Å². The van der Waals surface area contributed by atoms with Crippen LogP contribution in [0.3, 0.4) is 0 Å². The van der Waals surface area contributed by atoms with Crippen LogP contribution < -0.4 is 40.8 Å². The summed E-state index contributed by atoms with van der Waals surface area (Å²) >= 11 is 18.0. The number of nitrogens with zero attached hydrogens (tertiary/aromatic N) is 12. The molecule has 1 fully saturated rings. The fraction of sp³-hybridized carbons (Fsp3) is 0.533. The predicted octanol–water partition coefficient (Wildman–Crippen LogP) is 16.5. The standard InChI is InChI=1S/C22H31N3O2S.C17H25BN2O2S.C17H23N3S.C12H18F3NO5S.C11H13BrN2S.C6H6BrNS.C5H11NO2.B.Na.H/c1-15-7-9-18(25(14-15)21(26)27-22(2,3)4)16-8-10-19-17(13-16)23-20(28-19)11-12-24(5)6;1-16(2)17(3,4)22-18(21-16)12-7-8-14-13(11-12)19-15(23-14)9-10-20(5)6;1-12-4-6-14(18-11-12)13-5-7-16-15(10-13)19-17(21-16)8-9-20(2)3;1-8-5-6-9(21-22(18,19)12(13,14)15)16(7-8)10(17)20-11(2,3)4;1-14(2)6-5-11-13-9-7-8(12)3-4-10(9)15-11;7-4-1-2-6(9)5(8)3-4;1-6(2)4-3-5(7)8;;;/h8-10,13,15H,7,11-12,14H2,1-6H3;7-8,11H,9-10H2,1-6H3;5,7,10,12H,4,6,8-9,11H2,1-3H3;6,8H,5,7H2,1-4H3;3-4,7H,5-6H2,1-2H3;1-3,9H,8H2;3-4H2,1-2H3,(H,7,8);;;/q;;;;;;;;+1;-1. The molecule has 3 N–H and O–H groups in total. The first-order valence-electron chi connectivity index (χ1n) is 41.9. The van der Waals surface area contributed by atoms with E-state index in [1.165, 1.54) is 51.5 Å². The molecule has 3 unspecified atom stereocenters. The number of aliphatic carboxylic acids is 1. The minimum atomic E-state index is -5.84. The number of hydrogen-bond acceptors (Lipinski definition) is 26. The molecule has 3 atom stereocenters. The first kappa shape index (κ1) is 113. The maximum absolute atomic E-state index is 12.8. The molecule has 8 heterocycles. The van der Waals surface area contributed by atoms with Crippen molar-refractivity contribution in [2.75, 3.05) is 129 Å². The third-order valence-corrected chi connectivity index (χ3v) is 26.6. The fourth-order valence-electron chi connectivity index (χ4n) is 12.2. The van der Waals surface area contributed by atoms with Gasteiger partial charge >= 0.3 is 70.5 Å². The predicted molar refractivity (Wildman–Crippen MR) is 530 cm³/mol. The Kier molecular flexibility index (Phi) is 44.6. The van der Waals surface area contributed by atoms with Crippen molar-refractivity contribution in [3.8, 4) is 0 Å². The number of halogens is 5. The van der Waals surface area contributed by atoms with E-state index in [1.807, 2.05) is 69.3 Å². The Morgan fingerprint density at radius 2 is 0.977 bits per heavy atom. The number of thiazole rings is 4. The number of thiol groups is 1. The van der Waals surface area contributed by atoms with Gasteiger partial charge in [0.2, 0.25) is 5.88 Å². The van der Waals surface area contributed by atoms with E-state index in [9.17, 15) is 36.0 Å². The van der Waals surface area contributed by atoms with Crippen LogP contribution in [0.25, 0.3) is 46.6 Å². The van der Waals surface area contributed by atoms with Gasteiger partial charge in [-0.25, -0.2) is 34.4 Å². The second-order valence-corrected chi connectivity index (χ2v) is 44.3. The summed E-state index contributed by atoms with van der Waals surface area (Å²) in [5.41, 5.74) is 8.41. The van der Waals surface area contributed by atoms with Crippen LogP contribution in [0.4, 0.5) is 28.4 Å². The zero-order chi connectivity index (χ0) is 93.7. The minimum absolute atomic E-state index is 0. The van der Waals surface area contributed by atoms with Gasteiger partial charge in [-0.1, -0.05) is 76.9 Å². The van der Waals surface area contributed by atoms with E-state index in [0.29, 0.717) is 24.7 Å². The normalized spacial score (nSPS) is 16.8. The van der Waals surface area contributed by atoms with Gasteiger partial charge in [0, 0.05) is 117 Å². The molecule has 13 rings (SSSR count). The molecule has 24 nitrogen and oxygen atoms in total. The number of alkyl halides is 3. The molecule has 0 saturated carbocycles. The van der Waals surface area contributed by atoms with Gasteiger partial charge in [0.1, 0.15) is 11.2 Å². The molecule has 4 aliphatic rings. The fourth-order valence-corrected chi connectivity index (χ4v) is 17.3. The van der Waals surface area contributed by atoms with Crippen LogP contribution in [-0.4, -0.2) is 258 Å². The van der Waals surface area contributed by atoms with Crippen molar-refractivity contribution in [3.63, 3.8) is 0 Å². The maximum Gasteiger partial charge on any atom is 1.00 e. The van der Waals surface area contributed by atoms with Crippen molar-refractivity contribution in [2.24, 2.45) is 22.7 Å². The van der Waals surface area contributed by atoms with Crippen LogP contribution in [0, 0.1) is 17.8 Å². The number of ether oxygens (including phenoxy) is 2. The zero-order valence-electron chi connectivity index (χ0n) is 79.6. The van der Waals surface area contributed by atoms with Gasteiger partial charge < -0.3 is 59.7 Å². The second kappa shape index (κ2) is 50.6. The summed E-state index contributed by atoms with van der Waals surface area (Å²) in [5, 5.41) is 12.9. The number of rotatable bonds is 20. The molecular weight excluding hydrogens is 1890 g/mol. The van der Waals surface area contributed by atoms with E-state index in [2.05, 4.69) is 250 Å². The molecule has 0 spiro atoms. The van der Waals surface area contributed by atoms with Gasteiger partial charge in [-0.2, -0.15) is 21.6 Å². The van der Waals surface area contributed by atoms with E-state index in [-0.39, 0.29) is 89.1 Å². The number of amides is 2. The molecule has 2 amide bonds. The monoisotopic (exact) mass is 2020 g/mol. The van der Waals surface area contributed by atoms with Crippen LogP contribution in [-0.2, 0) is 63.6 Å². The average molecular weight is 2020 g/mol. The number of carboxylic acids is 1. The average Bonchev–Trinajstić information content (AvgIpc) is 1.61. The summed E-state index contributed by atoms with van der Waals surface area (Å²) in [7, 11) is 14.2. The first-order chi connectivity index (χ1) is 58.6. The van der Waals surface area contributed by atoms with Crippen LogP contribution >= 0.6 is 89.8 Å². The number of hydrogen-bond donors (Lipinski definition) is 3. The quantitative estimate of drug-likeness (QED) is 0.0210. The number of nitrogen functional groups attached to an aromatic ring is 1. The second-order valence-electron chi connectivity index (χ2n) is 36.0. The summed E-state index contributed by atoms with van der Waals surface area (Å²) in [6.45, 7) is 31.3. The Morgan fingerprint density at radius 3 is 1.38 bits per heavy atom. The summed E-state index contributed by atoms with van der Waals surface area (Å²) in [5.74, 6) is -0.358. The van der Waals surface area contributed by atoms with Crippen molar-refractivity contribution in [1.29, 1.82) is 0 Å². The van der Waals surface area contributed by atoms with Crippen LogP contribution in [0.15, 0.2) is 128 Å². The molecule has 4 aromatic heterocycles. The van der Waals surface area contributed by atoms with E-state index in [1.54, 1.807) is 66.6 Å². The smallest absolute Gasteiger partial charge is 1.00 e. The SMILES string of the molecule is CC1CC=C(OS(=O)(=O)C(F)(F)F)N(C(=O)OC(C)(C)C)C1.CC1CC=C(c2ccc3sc(CCN(C)C)nc3c2)N(C(=O)OC(C)(C)C)C1.CC1CCC(c2ccc3sc(CCN(C)C)nc3c2)=NC1.CN(C)CCC(=O)O.CN(C)CCc1nc2cc(B3OC(C)(C)C(C)(C)O3)ccc2s1.CN(C)CCc1nc2cc(Br)ccc2s1.Nc1cc(Br)ccc1S.[B].[H-].[Na+]. The Hall–Kier alpha value is -5.68. The Morgan fingerprint density at radius 1 is 0.586 bits per heavy atom. The first-order valence-corrected chi connectivity index (χ1v) is 48.6. The largest absolute Gasteiger partial charge is 1.00 e. The Labute approximate surface area is 820 Å². The Balaban J connectivity index is 0.000000323. The molecule has 1 saturated heterocycles. The Bertz CT molecular complexity index is 5320. The van der Waals surface area contributed by atoms with Gasteiger partial charge in [0.25, 0.3) is 0 Å². The zero-order valence-corrected chi connectivity index (χ0v) is 88.7. The van der Waals surface area contributed by atoms with Crippen LogP contribution in [0.2, 0.25) is 0 Å². The molecule has 0 aliphatic carbocycles. The van der Waals surface area contributed by atoms with E-state index < -0.39 is 44.8 Å². The summed E-state index contributed by atoms with van der Waals surface area (Å²) in [4.78, 5) is 72.3. The molecule has 697 valence electrons. The number of fused-ring (bicyclic) bond motifs is 4. The van der Waals surface area contributed by atoms with E-state index in [4.69, 9.17) is 49.6 Å². The van der Waals surface area contributed by atoms with Crippen molar-refractivity contribution in [3.05, 3.63) is 149 Å². The van der Waals surface area contributed by atoms with Crippen LogP contribution in [0.1, 0.15) is 155 Å². The van der Waals surface area contributed by atoms with Crippen molar-refractivity contribution < 1.29 is 95.0 Å². The maximum atomic E-state index is 12.8.